The van der Waals surface area contributed by atoms with Crippen LogP contribution in [0.3, 0.4) is 0 Å². The Hall–Kier alpha value is -1.84. The first-order chi connectivity index (χ1) is 8.22. The lowest BCUT2D eigenvalue weighted by molar-refractivity contribution is 0.340. The van der Waals surface area contributed by atoms with Crippen LogP contribution in [0.5, 0.6) is 5.75 Å². The van der Waals surface area contributed by atoms with E-state index in [1.54, 1.807) is 17.2 Å². The molecular weight excluding hydrogens is 214 g/mol. The van der Waals surface area contributed by atoms with Crippen LogP contribution >= 0.6 is 0 Å². The van der Waals surface area contributed by atoms with Crippen molar-refractivity contribution >= 4 is 0 Å². The lowest BCUT2D eigenvalue weighted by Crippen LogP contribution is -2.05. The largest absolute Gasteiger partial charge is 0.494 e. The molecule has 0 fully saturated rings. The molecule has 0 N–H and O–H groups in total. The van der Waals surface area contributed by atoms with Crippen molar-refractivity contribution in [2.75, 3.05) is 6.61 Å². The topological polar surface area (TPSA) is 39.9 Å². The molecular formula is C13H17N3O. The number of hydrogen-bond donors (Lipinski definition) is 0. The van der Waals surface area contributed by atoms with E-state index in [0.29, 0.717) is 12.5 Å². The van der Waals surface area contributed by atoms with Crippen molar-refractivity contribution in [1.29, 1.82) is 0 Å². The van der Waals surface area contributed by atoms with E-state index in [9.17, 15) is 0 Å². The summed E-state index contributed by atoms with van der Waals surface area (Å²) in [6.45, 7) is 6.95. The van der Waals surface area contributed by atoms with Gasteiger partial charge in [-0.25, -0.2) is 0 Å². The normalized spacial score (nSPS) is 10.8. The molecule has 1 aromatic carbocycles. The molecule has 0 atom stereocenters. The molecule has 1 aromatic heterocycles. The van der Waals surface area contributed by atoms with Crippen LogP contribution in [-0.2, 0) is 0 Å². The minimum absolute atomic E-state index is 0.423. The molecule has 0 saturated carbocycles. The van der Waals surface area contributed by atoms with Gasteiger partial charge < -0.3 is 4.74 Å². The van der Waals surface area contributed by atoms with Gasteiger partial charge in [0.05, 0.1) is 24.7 Å². The van der Waals surface area contributed by atoms with Gasteiger partial charge in [-0.05, 0) is 24.5 Å². The highest BCUT2D eigenvalue weighted by atomic mass is 16.5. The van der Waals surface area contributed by atoms with Gasteiger partial charge in [-0.2, -0.15) is 15.0 Å². The third-order valence-corrected chi connectivity index (χ3v) is 2.57. The second-order valence-electron chi connectivity index (χ2n) is 4.13. The Bertz CT molecular complexity index is 477. The number of aromatic nitrogens is 3. The quantitative estimate of drug-likeness (QED) is 0.812. The zero-order chi connectivity index (χ0) is 12.3. The number of nitrogens with zero attached hydrogens (tertiary/aromatic N) is 3. The molecule has 0 unspecified atom stereocenters. The predicted octanol–water partition coefficient (Wildman–Crippen LogP) is 2.79. The Morgan fingerprint density at radius 2 is 1.94 bits per heavy atom. The number of benzene rings is 1. The Labute approximate surface area is 101 Å². The zero-order valence-corrected chi connectivity index (χ0v) is 10.4. The summed E-state index contributed by atoms with van der Waals surface area (Å²) in [4.78, 5) is 1.64. The Morgan fingerprint density at radius 3 is 2.53 bits per heavy atom. The van der Waals surface area contributed by atoms with E-state index in [1.165, 1.54) is 5.56 Å². The average Bonchev–Trinajstić information content (AvgIpc) is 2.82. The molecule has 0 saturated heterocycles. The van der Waals surface area contributed by atoms with Crippen LogP contribution in [0.25, 0.3) is 5.69 Å². The molecule has 4 nitrogen and oxygen atoms in total. The van der Waals surface area contributed by atoms with Crippen molar-refractivity contribution in [3.8, 4) is 11.4 Å². The summed E-state index contributed by atoms with van der Waals surface area (Å²) in [5, 5.41) is 8.36. The fourth-order valence-corrected chi connectivity index (χ4v) is 1.78. The van der Waals surface area contributed by atoms with Crippen molar-refractivity contribution < 1.29 is 4.74 Å². The van der Waals surface area contributed by atoms with Gasteiger partial charge in [0.25, 0.3) is 0 Å². The first kappa shape index (κ1) is 11.6. The lowest BCUT2D eigenvalue weighted by Gasteiger charge is -2.13. The van der Waals surface area contributed by atoms with E-state index in [0.717, 1.165) is 11.4 Å². The minimum Gasteiger partial charge on any atom is -0.494 e. The van der Waals surface area contributed by atoms with Gasteiger partial charge in [0, 0.05) is 6.07 Å². The van der Waals surface area contributed by atoms with Gasteiger partial charge in [0.2, 0.25) is 0 Å². The zero-order valence-electron chi connectivity index (χ0n) is 10.4. The third kappa shape index (κ3) is 2.46. The summed E-state index contributed by atoms with van der Waals surface area (Å²) in [5.41, 5.74) is 2.20. The van der Waals surface area contributed by atoms with E-state index in [-0.39, 0.29) is 0 Å². The average molecular weight is 231 g/mol. The molecule has 0 aliphatic rings. The maximum Gasteiger partial charge on any atom is 0.121 e. The van der Waals surface area contributed by atoms with Gasteiger partial charge in [0.1, 0.15) is 5.75 Å². The van der Waals surface area contributed by atoms with Gasteiger partial charge in [-0.3, -0.25) is 0 Å². The van der Waals surface area contributed by atoms with Crippen molar-refractivity contribution in [2.24, 2.45) is 0 Å². The van der Waals surface area contributed by atoms with Crippen molar-refractivity contribution in [3.05, 3.63) is 36.2 Å². The van der Waals surface area contributed by atoms with E-state index in [2.05, 4.69) is 30.1 Å². The molecule has 90 valence electrons. The molecule has 1 heterocycles. The Kier molecular flexibility index (Phi) is 3.42. The predicted molar refractivity (Wildman–Crippen MR) is 66.6 cm³/mol. The monoisotopic (exact) mass is 231 g/mol. The maximum atomic E-state index is 5.51. The number of rotatable bonds is 4. The summed E-state index contributed by atoms with van der Waals surface area (Å²) in [5.74, 6) is 1.27. The smallest absolute Gasteiger partial charge is 0.121 e. The number of ether oxygens (including phenoxy) is 1. The van der Waals surface area contributed by atoms with Crippen LogP contribution in [0.2, 0.25) is 0 Å². The molecule has 2 rings (SSSR count). The molecule has 0 aliphatic carbocycles. The van der Waals surface area contributed by atoms with Crippen LogP contribution in [0, 0.1) is 0 Å². The fourth-order valence-electron chi connectivity index (χ4n) is 1.78. The summed E-state index contributed by atoms with van der Waals surface area (Å²) < 4.78 is 5.51. The second kappa shape index (κ2) is 4.99. The first-order valence-electron chi connectivity index (χ1n) is 5.85. The van der Waals surface area contributed by atoms with Crippen LogP contribution in [0.1, 0.15) is 32.3 Å². The fraction of sp³-hybridized carbons (Fsp3) is 0.385. The summed E-state index contributed by atoms with van der Waals surface area (Å²) >= 11 is 0. The highest BCUT2D eigenvalue weighted by Crippen LogP contribution is 2.26. The van der Waals surface area contributed by atoms with Gasteiger partial charge in [0.15, 0.2) is 0 Å². The van der Waals surface area contributed by atoms with Crippen LogP contribution < -0.4 is 4.74 Å². The lowest BCUT2D eigenvalue weighted by atomic mass is 10.0. The van der Waals surface area contributed by atoms with E-state index >= 15 is 0 Å². The molecule has 17 heavy (non-hydrogen) atoms. The van der Waals surface area contributed by atoms with Gasteiger partial charge in [-0.15, -0.1) is 0 Å². The summed E-state index contributed by atoms with van der Waals surface area (Å²) in [6, 6.07) is 6.05. The highest BCUT2D eigenvalue weighted by Gasteiger charge is 2.11. The maximum absolute atomic E-state index is 5.51. The first-order valence-corrected chi connectivity index (χ1v) is 5.85. The van der Waals surface area contributed by atoms with E-state index in [1.807, 2.05) is 19.1 Å². The molecule has 0 bridgehead atoms. The molecule has 0 amide bonds. The van der Waals surface area contributed by atoms with Gasteiger partial charge >= 0.3 is 0 Å². The molecule has 2 aromatic rings. The van der Waals surface area contributed by atoms with Crippen LogP contribution in [0.4, 0.5) is 0 Å². The minimum atomic E-state index is 0.423. The van der Waals surface area contributed by atoms with Crippen molar-refractivity contribution in [2.45, 2.75) is 26.7 Å². The third-order valence-electron chi connectivity index (χ3n) is 2.57. The summed E-state index contributed by atoms with van der Waals surface area (Å²) in [7, 11) is 0. The number of hydrogen-bond acceptors (Lipinski definition) is 3. The van der Waals surface area contributed by atoms with Crippen LogP contribution in [0.15, 0.2) is 30.6 Å². The van der Waals surface area contributed by atoms with Crippen molar-refractivity contribution in [1.82, 2.24) is 15.0 Å². The molecule has 0 radical (unpaired) electrons. The second-order valence-corrected chi connectivity index (χ2v) is 4.13. The standard InChI is InChI=1S/C13H17N3O/c1-4-17-11-5-6-12(10(2)3)13(9-11)16-14-7-8-15-16/h5-10H,4H2,1-3H3. The van der Waals surface area contributed by atoms with Gasteiger partial charge in [-0.1, -0.05) is 19.9 Å². The summed E-state index contributed by atoms with van der Waals surface area (Å²) in [6.07, 6.45) is 3.36. The molecule has 0 spiro atoms. The highest BCUT2D eigenvalue weighted by molar-refractivity contribution is 5.46. The van der Waals surface area contributed by atoms with E-state index in [4.69, 9.17) is 4.74 Å². The van der Waals surface area contributed by atoms with Crippen LogP contribution in [-0.4, -0.2) is 21.6 Å². The SMILES string of the molecule is CCOc1ccc(C(C)C)c(-n2nccn2)c1. The molecule has 0 aliphatic heterocycles. The Balaban J connectivity index is 2.48. The van der Waals surface area contributed by atoms with E-state index < -0.39 is 0 Å². The molecule has 4 heteroatoms. The Morgan fingerprint density at radius 1 is 1.24 bits per heavy atom. The van der Waals surface area contributed by atoms with Crippen molar-refractivity contribution in [3.63, 3.8) is 0 Å².